The minimum absolute atomic E-state index is 0.0104. The molecule has 140 valence electrons. The zero-order chi connectivity index (χ0) is 19.2. The van der Waals surface area contributed by atoms with Gasteiger partial charge in [0.1, 0.15) is 5.75 Å². The molecule has 3 rings (SSSR count). The summed E-state index contributed by atoms with van der Waals surface area (Å²) in [5, 5.41) is 4.00. The van der Waals surface area contributed by atoms with E-state index in [1.54, 1.807) is 12.0 Å². The Labute approximate surface area is 158 Å². The molecule has 0 aliphatic heterocycles. The number of benzene rings is 2. The number of ether oxygens (including phenoxy) is 1. The molecular formula is C21H23N3O3. The molecule has 1 atom stereocenters. The van der Waals surface area contributed by atoms with Crippen molar-refractivity contribution in [2.45, 2.75) is 25.8 Å². The van der Waals surface area contributed by atoms with Crippen molar-refractivity contribution in [3.8, 4) is 17.1 Å². The number of rotatable bonds is 7. The van der Waals surface area contributed by atoms with Crippen LogP contribution >= 0.6 is 0 Å². The van der Waals surface area contributed by atoms with Gasteiger partial charge in [0, 0.05) is 25.5 Å². The van der Waals surface area contributed by atoms with Crippen LogP contribution in [0.25, 0.3) is 11.4 Å². The number of methoxy groups -OCH3 is 1. The first-order valence-corrected chi connectivity index (χ1v) is 8.86. The lowest BCUT2D eigenvalue weighted by Gasteiger charge is -2.25. The Morgan fingerprint density at radius 3 is 2.52 bits per heavy atom. The van der Waals surface area contributed by atoms with Crippen LogP contribution in [0.4, 0.5) is 0 Å². The van der Waals surface area contributed by atoms with E-state index < -0.39 is 0 Å². The van der Waals surface area contributed by atoms with Crippen molar-refractivity contribution in [2.75, 3.05) is 14.2 Å². The van der Waals surface area contributed by atoms with Crippen LogP contribution in [0.5, 0.6) is 5.75 Å². The van der Waals surface area contributed by atoms with Gasteiger partial charge in [-0.25, -0.2) is 0 Å². The van der Waals surface area contributed by atoms with Crippen LogP contribution in [0.3, 0.4) is 0 Å². The fourth-order valence-corrected chi connectivity index (χ4v) is 2.78. The molecule has 3 aromatic rings. The van der Waals surface area contributed by atoms with Crippen molar-refractivity contribution < 1.29 is 14.1 Å². The maximum absolute atomic E-state index is 12.5. The van der Waals surface area contributed by atoms with Gasteiger partial charge in [0.05, 0.1) is 13.2 Å². The monoisotopic (exact) mass is 365 g/mol. The highest BCUT2D eigenvalue weighted by atomic mass is 16.5. The van der Waals surface area contributed by atoms with Crippen LogP contribution in [0.15, 0.2) is 59.1 Å². The molecule has 0 unspecified atom stereocenters. The maximum Gasteiger partial charge on any atom is 0.227 e. The lowest BCUT2D eigenvalue weighted by atomic mass is 10.1. The summed E-state index contributed by atoms with van der Waals surface area (Å²) in [5.74, 6) is 1.76. The second-order valence-corrected chi connectivity index (χ2v) is 6.33. The first kappa shape index (κ1) is 18.6. The Morgan fingerprint density at radius 1 is 1.15 bits per heavy atom. The van der Waals surface area contributed by atoms with Crippen molar-refractivity contribution in [1.82, 2.24) is 15.0 Å². The van der Waals surface area contributed by atoms with E-state index in [4.69, 9.17) is 9.26 Å². The summed E-state index contributed by atoms with van der Waals surface area (Å²) in [6.07, 6.45) is 0.728. The lowest BCUT2D eigenvalue weighted by Crippen LogP contribution is -2.29. The standard InChI is InChI=1S/C21H23N3O3/c1-15(16-7-5-4-6-8-16)24(2)20(25)14-13-19-22-21(23-27-19)17-9-11-18(26-3)12-10-17/h4-12,15H,13-14H2,1-3H3/t15-/m0/s1. The number of carbonyl (C=O) groups is 1. The molecule has 6 heteroatoms. The molecule has 0 fully saturated rings. The van der Waals surface area contributed by atoms with E-state index in [9.17, 15) is 4.79 Å². The average molecular weight is 365 g/mol. The van der Waals surface area contributed by atoms with E-state index >= 15 is 0 Å². The topological polar surface area (TPSA) is 68.5 Å². The number of aromatic nitrogens is 2. The Bertz CT molecular complexity index is 875. The molecule has 0 aliphatic rings. The number of aryl methyl sites for hydroxylation is 1. The Morgan fingerprint density at radius 2 is 1.85 bits per heavy atom. The Balaban J connectivity index is 1.58. The van der Waals surface area contributed by atoms with Crippen LogP contribution in [-0.2, 0) is 11.2 Å². The molecule has 0 spiro atoms. The van der Waals surface area contributed by atoms with Crippen LogP contribution in [0.2, 0.25) is 0 Å². The normalized spacial score (nSPS) is 11.8. The van der Waals surface area contributed by atoms with Crippen LogP contribution in [0.1, 0.15) is 30.8 Å². The molecule has 27 heavy (non-hydrogen) atoms. The van der Waals surface area contributed by atoms with Crippen molar-refractivity contribution in [2.24, 2.45) is 0 Å². The zero-order valence-corrected chi connectivity index (χ0v) is 15.8. The summed E-state index contributed by atoms with van der Waals surface area (Å²) < 4.78 is 10.4. The number of amides is 1. The molecular weight excluding hydrogens is 342 g/mol. The predicted octanol–water partition coefficient (Wildman–Crippen LogP) is 3.90. The lowest BCUT2D eigenvalue weighted by molar-refractivity contribution is -0.131. The third kappa shape index (κ3) is 4.53. The molecule has 0 saturated carbocycles. The number of hydrogen-bond donors (Lipinski definition) is 0. The van der Waals surface area contributed by atoms with Crippen molar-refractivity contribution in [3.63, 3.8) is 0 Å². The van der Waals surface area contributed by atoms with Crippen LogP contribution in [0, 0.1) is 0 Å². The van der Waals surface area contributed by atoms with Crippen LogP contribution < -0.4 is 4.74 Å². The van der Waals surface area contributed by atoms with Crippen molar-refractivity contribution >= 4 is 5.91 Å². The number of nitrogens with zero attached hydrogens (tertiary/aromatic N) is 3. The van der Waals surface area contributed by atoms with E-state index in [0.29, 0.717) is 24.6 Å². The molecule has 1 aromatic heterocycles. The highest BCUT2D eigenvalue weighted by Crippen LogP contribution is 2.21. The average Bonchev–Trinajstić information content (AvgIpc) is 3.20. The summed E-state index contributed by atoms with van der Waals surface area (Å²) in [7, 11) is 3.44. The molecule has 0 radical (unpaired) electrons. The molecule has 2 aromatic carbocycles. The maximum atomic E-state index is 12.5. The van der Waals surface area contributed by atoms with E-state index in [1.165, 1.54) is 0 Å². The van der Waals surface area contributed by atoms with Crippen molar-refractivity contribution in [3.05, 3.63) is 66.1 Å². The SMILES string of the molecule is COc1ccc(-c2noc(CCC(=O)N(C)[C@@H](C)c3ccccc3)n2)cc1. The molecule has 6 nitrogen and oxygen atoms in total. The highest BCUT2D eigenvalue weighted by Gasteiger charge is 2.18. The molecule has 0 bridgehead atoms. The van der Waals surface area contributed by atoms with E-state index in [1.807, 2.05) is 68.6 Å². The number of hydrogen-bond acceptors (Lipinski definition) is 5. The first-order chi connectivity index (χ1) is 13.1. The van der Waals surface area contributed by atoms with E-state index in [0.717, 1.165) is 16.9 Å². The largest absolute Gasteiger partial charge is 0.497 e. The van der Waals surface area contributed by atoms with Gasteiger partial charge >= 0.3 is 0 Å². The summed E-state index contributed by atoms with van der Waals surface area (Å²) in [4.78, 5) is 18.6. The van der Waals surface area contributed by atoms with Gasteiger partial charge in [-0.15, -0.1) is 0 Å². The third-order valence-corrected chi connectivity index (χ3v) is 4.63. The van der Waals surface area contributed by atoms with Gasteiger partial charge in [0.2, 0.25) is 17.6 Å². The zero-order valence-electron chi connectivity index (χ0n) is 15.8. The van der Waals surface area contributed by atoms with E-state index in [-0.39, 0.29) is 11.9 Å². The fourth-order valence-electron chi connectivity index (χ4n) is 2.78. The highest BCUT2D eigenvalue weighted by molar-refractivity contribution is 5.76. The summed E-state index contributed by atoms with van der Waals surface area (Å²) in [5.41, 5.74) is 1.94. The molecule has 0 saturated heterocycles. The fraction of sp³-hybridized carbons (Fsp3) is 0.286. The van der Waals surface area contributed by atoms with Gasteiger partial charge in [-0.1, -0.05) is 35.5 Å². The van der Waals surface area contributed by atoms with Gasteiger partial charge < -0.3 is 14.2 Å². The first-order valence-electron chi connectivity index (χ1n) is 8.86. The van der Waals surface area contributed by atoms with Gasteiger partial charge in [0.25, 0.3) is 0 Å². The second kappa shape index (κ2) is 8.49. The van der Waals surface area contributed by atoms with E-state index in [2.05, 4.69) is 10.1 Å². The summed E-state index contributed by atoms with van der Waals surface area (Å²) >= 11 is 0. The molecule has 1 amide bonds. The van der Waals surface area contributed by atoms with Gasteiger partial charge in [-0.05, 0) is 36.8 Å². The second-order valence-electron chi connectivity index (χ2n) is 6.33. The molecule has 1 heterocycles. The smallest absolute Gasteiger partial charge is 0.227 e. The van der Waals surface area contributed by atoms with Crippen molar-refractivity contribution in [1.29, 1.82) is 0 Å². The molecule has 0 N–H and O–H groups in total. The van der Waals surface area contributed by atoms with Gasteiger partial charge in [-0.2, -0.15) is 4.98 Å². The quantitative estimate of drug-likeness (QED) is 0.635. The van der Waals surface area contributed by atoms with Gasteiger partial charge in [0.15, 0.2) is 0 Å². The molecule has 0 aliphatic carbocycles. The summed E-state index contributed by atoms with van der Waals surface area (Å²) in [6, 6.07) is 17.4. The number of carbonyl (C=O) groups excluding carboxylic acids is 1. The Hall–Kier alpha value is -3.15. The summed E-state index contributed by atoms with van der Waals surface area (Å²) in [6.45, 7) is 2.02. The minimum atomic E-state index is 0.0104. The Kier molecular flexibility index (Phi) is 5.86. The van der Waals surface area contributed by atoms with Gasteiger partial charge in [-0.3, -0.25) is 4.79 Å². The van der Waals surface area contributed by atoms with Crippen LogP contribution in [-0.4, -0.2) is 35.1 Å². The third-order valence-electron chi connectivity index (χ3n) is 4.63. The minimum Gasteiger partial charge on any atom is -0.497 e. The predicted molar refractivity (Wildman–Crippen MR) is 102 cm³/mol.